The molecule has 0 saturated heterocycles. The number of para-hydroxylation sites is 3. The minimum Gasteiger partial charge on any atom is -0.315 e. The van der Waals surface area contributed by atoms with Gasteiger partial charge in [-0.1, -0.05) is 113 Å². The van der Waals surface area contributed by atoms with E-state index in [0.717, 1.165) is 22.4 Å². The van der Waals surface area contributed by atoms with E-state index in [9.17, 15) is 0 Å². The second-order valence-electron chi connectivity index (χ2n) is 12.1. The minimum absolute atomic E-state index is 0. The molecule has 0 atom stereocenters. The molecule has 0 bridgehead atoms. The fraction of sp³-hybridized carbons (Fsp3) is 0.0227. The SMILES string of the molecule is Cc1ccc(-[n+]2[c-]n(-c3[c-]cccc3)c3ccccc32)cc1.[Pt+4].[c-]1ccccc1B1c2[c-]cccc2B(c2ccccc2)c2ccccc21. The van der Waals surface area contributed by atoms with Gasteiger partial charge in [0.25, 0.3) is 6.33 Å². The Bertz CT molecular complexity index is 2170. The van der Waals surface area contributed by atoms with Gasteiger partial charge in [-0.15, -0.1) is 0 Å². The molecule has 2 heterocycles. The third-order valence-corrected chi connectivity index (χ3v) is 9.11. The van der Waals surface area contributed by atoms with E-state index in [1.807, 2.05) is 42.5 Å². The molecule has 2 nitrogen and oxygen atoms in total. The predicted octanol–water partition coefficient (Wildman–Crippen LogP) is 4.45. The van der Waals surface area contributed by atoms with E-state index in [0.29, 0.717) is 0 Å². The Labute approximate surface area is 304 Å². The second-order valence-corrected chi connectivity index (χ2v) is 12.1. The number of benzene rings is 7. The third kappa shape index (κ3) is 6.37. The Hall–Kier alpha value is -5.17. The summed E-state index contributed by atoms with van der Waals surface area (Å²) in [6.45, 7) is 2.53. The number of fused-ring (bicyclic) bond motifs is 3. The summed E-state index contributed by atoms with van der Waals surface area (Å²) in [7, 11) is 0. The number of aryl methyl sites for hydroxylation is 1. The second kappa shape index (κ2) is 14.5. The van der Waals surface area contributed by atoms with Crippen LogP contribution in [0.3, 0.4) is 0 Å². The summed E-state index contributed by atoms with van der Waals surface area (Å²) in [5.74, 6) is 0. The first-order valence-corrected chi connectivity index (χ1v) is 16.4. The van der Waals surface area contributed by atoms with E-state index in [1.54, 1.807) is 0 Å². The molecule has 0 saturated carbocycles. The van der Waals surface area contributed by atoms with Crippen LogP contribution in [-0.2, 0) is 21.1 Å². The average Bonchev–Trinajstić information content (AvgIpc) is 3.55. The predicted molar refractivity (Wildman–Crippen MR) is 200 cm³/mol. The third-order valence-electron chi connectivity index (χ3n) is 9.11. The van der Waals surface area contributed by atoms with Crippen LogP contribution in [0.25, 0.3) is 22.4 Å². The molecule has 0 amide bonds. The number of hydrogen-bond donors (Lipinski definition) is 0. The Morgan fingerprint density at radius 3 is 1.90 bits per heavy atom. The topological polar surface area (TPSA) is 8.81 Å². The Morgan fingerprint density at radius 2 is 1.16 bits per heavy atom. The Morgan fingerprint density at radius 1 is 0.531 bits per heavy atom. The standard InChI is InChI=1S/C24H16B2.C20H15N2.Pt/c1-3-11-19(12-4-1)25-21-15-7-9-17-23(21)26(20-13-5-2-6-14-20)24-18-10-8-16-22(24)25;1-16-11-13-18(14-12-16)22-15-21(17-7-3-2-4-8-17)19-9-5-6-10-20(19)22;/h1-13,15-17H;2-7,9-14H,1H3;/q-2;-1;+4. The number of aromatic nitrogens is 2. The fourth-order valence-corrected chi connectivity index (χ4v) is 6.89. The number of rotatable bonds is 4. The first-order valence-electron chi connectivity index (χ1n) is 16.4. The zero-order valence-electron chi connectivity index (χ0n) is 27.0. The number of hydrogen-bond acceptors (Lipinski definition) is 0. The maximum Gasteiger partial charge on any atom is 4.00 e. The van der Waals surface area contributed by atoms with Crippen LogP contribution >= 0.6 is 0 Å². The molecule has 0 fully saturated rings. The van der Waals surface area contributed by atoms with Crippen LogP contribution in [-0.4, -0.2) is 18.0 Å². The summed E-state index contributed by atoms with van der Waals surface area (Å²) >= 11 is 0. The zero-order chi connectivity index (χ0) is 32.3. The average molecular weight is 804 g/mol. The van der Waals surface area contributed by atoms with E-state index in [4.69, 9.17) is 0 Å². The van der Waals surface area contributed by atoms with E-state index in [2.05, 4.69) is 168 Å². The van der Waals surface area contributed by atoms with Crippen molar-refractivity contribution in [2.45, 2.75) is 6.92 Å². The summed E-state index contributed by atoms with van der Waals surface area (Å²) in [5, 5.41) is 0. The largest absolute Gasteiger partial charge is 4.00 e. The first kappa shape index (κ1) is 32.4. The normalized spacial score (nSPS) is 11.5. The fourth-order valence-electron chi connectivity index (χ4n) is 6.89. The van der Waals surface area contributed by atoms with Crippen molar-refractivity contribution in [3.05, 3.63) is 200 Å². The van der Waals surface area contributed by atoms with Gasteiger partial charge in [0, 0.05) is 0 Å². The molecule has 0 unspecified atom stereocenters. The van der Waals surface area contributed by atoms with Crippen molar-refractivity contribution in [2.24, 2.45) is 0 Å². The maximum absolute atomic E-state index is 3.56. The minimum atomic E-state index is 0. The van der Waals surface area contributed by atoms with Crippen LogP contribution in [0.5, 0.6) is 0 Å². The quantitative estimate of drug-likeness (QED) is 0.142. The van der Waals surface area contributed by atoms with Gasteiger partial charge in [0.1, 0.15) is 0 Å². The van der Waals surface area contributed by atoms with Gasteiger partial charge in [0.05, 0.1) is 16.7 Å². The van der Waals surface area contributed by atoms with Crippen LogP contribution in [0.15, 0.2) is 170 Å². The van der Waals surface area contributed by atoms with Crippen molar-refractivity contribution < 1.29 is 25.6 Å². The van der Waals surface area contributed by atoms with Crippen molar-refractivity contribution in [3.8, 4) is 11.4 Å². The van der Waals surface area contributed by atoms with Gasteiger partial charge in [-0.2, -0.15) is 101 Å². The molecule has 0 radical (unpaired) electrons. The van der Waals surface area contributed by atoms with E-state index < -0.39 is 0 Å². The van der Waals surface area contributed by atoms with Crippen molar-refractivity contribution in [2.75, 3.05) is 0 Å². The van der Waals surface area contributed by atoms with Gasteiger partial charge < -0.3 is 4.57 Å². The van der Waals surface area contributed by atoms with E-state index in [-0.39, 0.29) is 34.5 Å². The van der Waals surface area contributed by atoms with Crippen LogP contribution < -0.4 is 37.3 Å². The maximum atomic E-state index is 3.56. The molecule has 9 rings (SSSR count). The number of imidazole rings is 1. The summed E-state index contributed by atoms with van der Waals surface area (Å²) in [6, 6.07) is 69.4. The Kier molecular flexibility index (Phi) is 9.60. The van der Waals surface area contributed by atoms with E-state index >= 15 is 0 Å². The van der Waals surface area contributed by atoms with Crippen molar-refractivity contribution in [1.82, 2.24) is 4.57 Å². The molecule has 5 heteroatoms. The zero-order valence-corrected chi connectivity index (χ0v) is 29.3. The monoisotopic (exact) mass is 804 g/mol. The Balaban J connectivity index is 0.000000153. The molecule has 1 aromatic heterocycles. The molecular weight excluding hydrogens is 773 g/mol. The van der Waals surface area contributed by atoms with Crippen molar-refractivity contribution in [1.29, 1.82) is 0 Å². The summed E-state index contributed by atoms with van der Waals surface area (Å²) in [5.41, 5.74) is 13.5. The molecule has 49 heavy (non-hydrogen) atoms. The molecule has 1 aliphatic heterocycles. The van der Waals surface area contributed by atoms with Gasteiger partial charge in [-0.3, -0.25) is 4.57 Å². The molecule has 232 valence electrons. The van der Waals surface area contributed by atoms with E-state index in [1.165, 1.54) is 38.3 Å². The first-order chi connectivity index (χ1) is 23.8. The molecule has 0 spiro atoms. The van der Waals surface area contributed by atoms with Crippen molar-refractivity contribution in [3.63, 3.8) is 0 Å². The molecule has 0 N–H and O–H groups in total. The van der Waals surface area contributed by atoms with Crippen molar-refractivity contribution >= 4 is 57.2 Å². The molecule has 7 aromatic carbocycles. The van der Waals surface area contributed by atoms with Crippen LogP contribution in [0.1, 0.15) is 5.56 Å². The molecular formula is C44H31B2N2Pt+. The van der Waals surface area contributed by atoms with Gasteiger partial charge in [-0.05, 0) is 24.7 Å². The van der Waals surface area contributed by atoms with Crippen LogP contribution in [0.2, 0.25) is 0 Å². The van der Waals surface area contributed by atoms with Gasteiger partial charge in [0.2, 0.25) is 0 Å². The smallest absolute Gasteiger partial charge is 0.315 e. The summed E-state index contributed by atoms with van der Waals surface area (Å²) in [4.78, 5) is 0. The van der Waals surface area contributed by atoms with Crippen LogP contribution in [0.4, 0.5) is 0 Å². The van der Waals surface area contributed by atoms with Gasteiger partial charge in [0.15, 0.2) is 13.4 Å². The number of nitrogens with zero attached hydrogens (tertiary/aromatic N) is 2. The molecule has 0 aliphatic carbocycles. The summed E-state index contributed by atoms with van der Waals surface area (Å²) in [6.07, 6.45) is 3.44. The molecule has 1 aliphatic rings. The van der Waals surface area contributed by atoms with Crippen LogP contribution in [0, 0.1) is 31.5 Å². The summed E-state index contributed by atoms with van der Waals surface area (Å²) < 4.78 is 4.14. The molecule has 8 aromatic rings. The van der Waals surface area contributed by atoms with Gasteiger partial charge >= 0.3 is 21.1 Å². The van der Waals surface area contributed by atoms with Gasteiger partial charge in [-0.25, -0.2) is 0 Å².